The fourth-order valence-corrected chi connectivity index (χ4v) is 3.12. The molecule has 1 unspecified atom stereocenters. The molecule has 3 nitrogen and oxygen atoms in total. The standard InChI is InChI=1S/C16H17N3S/c1-2-17-15(16-11-18-19-20-16)10-13-8-5-7-12-6-3-4-9-14(12)13/h3-9,11,15,17H,2,10H2,1H3. The molecule has 0 saturated heterocycles. The molecule has 2 aromatic carbocycles. The molecule has 1 aromatic heterocycles. The summed E-state index contributed by atoms with van der Waals surface area (Å²) in [6, 6.07) is 15.3. The van der Waals surface area contributed by atoms with Crippen LogP contribution in [-0.2, 0) is 6.42 Å². The van der Waals surface area contributed by atoms with E-state index < -0.39 is 0 Å². The molecule has 4 heteroatoms. The Labute approximate surface area is 122 Å². The molecule has 102 valence electrons. The maximum Gasteiger partial charge on any atom is 0.0669 e. The highest BCUT2D eigenvalue weighted by Gasteiger charge is 2.14. The molecule has 0 aliphatic carbocycles. The van der Waals surface area contributed by atoms with E-state index in [0.717, 1.165) is 13.0 Å². The zero-order chi connectivity index (χ0) is 13.8. The fraction of sp³-hybridized carbons (Fsp3) is 0.250. The molecule has 3 aromatic rings. The monoisotopic (exact) mass is 283 g/mol. The molecule has 3 rings (SSSR count). The summed E-state index contributed by atoms with van der Waals surface area (Å²) in [7, 11) is 0. The summed E-state index contributed by atoms with van der Waals surface area (Å²) in [6.45, 7) is 3.07. The van der Waals surface area contributed by atoms with Crippen molar-refractivity contribution >= 4 is 22.3 Å². The summed E-state index contributed by atoms with van der Waals surface area (Å²) in [5, 5.41) is 10.1. The number of fused-ring (bicyclic) bond motifs is 1. The van der Waals surface area contributed by atoms with Crippen LogP contribution in [0.15, 0.2) is 48.7 Å². The van der Waals surface area contributed by atoms with Crippen LogP contribution < -0.4 is 5.32 Å². The minimum absolute atomic E-state index is 0.283. The van der Waals surface area contributed by atoms with Crippen LogP contribution in [0.25, 0.3) is 10.8 Å². The predicted octanol–water partition coefficient (Wildman–Crippen LogP) is 3.58. The molecule has 0 aliphatic rings. The number of hydrogen-bond donors (Lipinski definition) is 1. The van der Waals surface area contributed by atoms with E-state index in [1.807, 2.05) is 6.20 Å². The van der Waals surface area contributed by atoms with Crippen LogP contribution in [-0.4, -0.2) is 16.1 Å². The van der Waals surface area contributed by atoms with Crippen molar-refractivity contribution in [3.05, 3.63) is 59.1 Å². The van der Waals surface area contributed by atoms with Gasteiger partial charge in [0, 0.05) is 6.04 Å². The van der Waals surface area contributed by atoms with Crippen molar-refractivity contribution in [2.75, 3.05) is 6.54 Å². The van der Waals surface area contributed by atoms with Crippen molar-refractivity contribution in [1.82, 2.24) is 14.9 Å². The molecule has 1 atom stereocenters. The third-order valence-electron chi connectivity index (χ3n) is 3.48. The highest BCUT2D eigenvalue weighted by atomic mass is 32.1. The van der Waals surface area contributed by atoms with Crippen LogP contribution in [0.5, 0.6) is 0 Å². The first-order chi connectivity index (χ1) is 9.88. The van der Waals surface area contributed by atoms with Crippen LogP contribution in [0.2, 0.25) is 0 Å². The lowest BCUT2D eigenvalue weighted by atomic mass is 9.98. The topological polar surface area (TPSA) is 37.8 Å². The Morgan fingerprint density at radius 2 is 2.00 bits per heavy atom. The fourth-order valence-electron chi connectivity index (χ4n) is 2.54. The molecule has 0 radical (unpaired) electrons. The van der Waals surface area contributed by atoms with Gasteiger partial charge >= 0.3 is 0 Å². The van der Waals surface area contributed by atoms with Crippen molar-refractivity contribution in [2.45, 2.75) is 19.4 Å². The largest absolute Gasteiger partial charge is 0.309 e. The summed E-state index contributed by atoms with van der Waals surface area (Å²) in [5.41, 5.74) is 1.36. The average Bonchev–Trinajstić information content (AvgIpc) is 3.01. The van der Waals surface area contributed by atoms with Gasteiger partial charge in [-0.3, -0.25) is 0 Å². The van der Waals surface area contributed by atoms with Gasteiger partial charge in [-0.05, 0) is 40.8 Å². The summed E-state index contributed by atoms with van der Waals surface area (Å²) in [5.74, 6) is 0. The Morgan fingerprint density at radius 1 is 1.15 bits per heavy atom. The van der Waals surface area contributed by atoms with Gasteiger partial charge in [0.1, 0.15) is 0 Å². The zero-order valence-electron chi connectivity index (χ0n) is 11.4. The van der Waals surface area contributed by atoms with Crippen LogP contribution >= 0.6 is 11.5 Å². The highest BCUT2D eigenvalue weighted by molar-refractivity contribution is 7.05. The van der Waals surface area contributed by atoms with E-state index >= 15 is 0 Å². The van der Waals surface area contributed by atoms with Gasteiger partial charge in [0.25, 0.3) is 0 Å². The van der Waals surface area contributed by atoms with Gasteiger partial charge in [-0.1, -0.05) is 53.9 Å². The molecule has 0 amide bonds. The van der Waals surface area contributed by atoms with E-state index in [9.17, 15) is 0 Å². The number of hydrogen-bond acceptors (Lipinski definition) is 4. The Balaban J connectivity index is 1.94. The molecule has 0 aliphatic heterocycles. The molecule has 0 bridgehead atoms. The van der Waals surface area contributed by atoms with Gasteiger partial charge in [-0.15, -0.1) is 5.10 Å². The van der Waals surface area contributed by atoms with Gasteiger partial charge < -0.3 is 5.32 Å². The van der Waals surface area contributed by atoms with Crippen molar-refractivity contribution in [3.63, 3.8) is 0 Å². The van der Waals surface area contributed by atoms with E-state index in [-0.39, 0.29) is 6.04 Å². The lowest BCUT2D eigenvalue weighted by Crippen LogP contribution is -2.22. The van der Waals surface area contributed by atoms with Gasteiger partial charge in [-0.2, -0.15) is 0 Å². The number of likely N-dealkylation sites (N-methyl/N-ethyl adjacent to an activating group) is 1. The molecular weight excluding hydrogens is 266 g/mol. The minimum atomic E-state index is 0.283. The summed E-state index contributed by atoms with van der Waals surface area (Å²) >= 11 is 1.47. The average molecular weight is 283 g/mol. The second kappa shape index (κ2) is 6.11. The van der Waals surface area contributed by atoms with Gasteiger partial charge in [0.05, 0.1) is 11.1 Å². The first-order valence-corrected chi connectivity index (χ1v) is 7.63. The number of benzene rings is 2. The zero-order valence-corrected chi connectivity index (χ0v) is 12.2. The SMILES string of the molecule is CCNC(Cc1cccc2ccccc12)c1cnns1. The maximum absolute atomic E-state index is 3.98. The van der Waals surface area contributed by atoms with E-state index in [2.05, 4.69) is 64.3 Å². The summed E-state index contributed by atoms with van der Waals surface area (Å²) < 4.78 is 3.98. The normalized spacial score (nSPS) is 12.7. The number of nitrogens with zero attached hydrogens (tertiary/aromatic N) is 2. The Hall–Kier alpha value is -1.78. The van der Waals surface area contributed by atoms with Crippen molar-refractivity contribution in [2.24, 2.45) is 0 Å². The molecule has 20 heavy (non-hydrogen) atoms. The second-order valence-electron chi connectivity index (χ2n) is 4.77. The summed E-state index contributed by atoms with van der Waals surface area (Å²) in [4.78, 5) is 1.19. The lowest BCUT2D eigenvalue weighted by molar-refractivity contribution is 0.559. The molecule has 1 N–H and O–H groups in total. The lowest BCUT2D eigenvalue weighted by Gasteiger charge is -2.16. The Bertz CT molecular complexity index is 674. The first kappa shape index (κ1) is 13.2. The quantitative estimate of drug-likeness (QED) is 0.777. The van der Waals surface area contributed by atoms with Gasteiger partial charge in [0.15, 0.2) is 0 Å². The van der Waals surface area contributed by atoms with Crippen LogP contribution in [0.4, 0.5) is 0 Å². The Morgan fingerprint density at radius 3 is 2.80 bits per heavy atom. The number of rotatable bonds is 5. The van der Waals surface area contributed by atoms with Gasteiger partial charge in [0.2, 0.25) is 0 Å². The molecular formula is C16H17N3S. The Kier molecular flexibility index (Phi) is 4.04. The van der Waals surface area contributed by atoms with Crippen LogP contribution in [0.3, 0.4) is 0 Å². The summed E-state index contributed by atoms with van der Waals surface area (Å²) in [6.07, 6.45) is 2.82. The predicted molar refractivity (Wildman–Crippen MR) is 84.0 cm³/mol. The smallest absolute Gasteiger partial charge is 0.0669 e. The van der Waals surface area contributed by atoms with Crippen molar-refractivity contribution in [3.8, 4) is 0 Å². The third kappa shape index (κ3) is 2.71. The van der Waals surface area contributed by atoms with E-state index in [1.165, 1.54) is 32.7 Å². The van der Waals surface area contributed by atoms with Crippen molar-refractivity contribution in [1.29, 1.82) is 0 Å². The second-order valence-corrected chi connectivity index (χ2v) is 5.59. The molecule has 0 spiro atoms. The van der Waals surface area contributed by atoms with Crippen LogP contribution in [0, 0.1) is 0 Å². The van der Waals surface area contributed by atoms with Gasteiger partial charge in [-0.25, -0.2) is 0 Å². The third-order valence-corrected chi connectivity index (χ3v) is 4.25. The van der Waals surface area contributed by atoms with Crippen LogP contribution in [0.1, 0.15) is 23.4 Å². The van der Waals surface area contributed by atoms with Crippen molar-refractivity contribution < 1.29 is 0 Å². The highest BCUT2D eigenvalue weighted by Crippen LogP contribution is 2.25. The van der Waals surface area contributed by atoms with E-state index in [0.29, 0.717) is 0 Å². The number of nitrogens with one attached hydrogen (secondary N) is 1. The minimum Gasteiger partial charge on any atom is -0.309 e. The molecule has 1 heterocycles. The number of aromatic nitrogens is 2. The maximum atomic E-state index is 3.98. The van der Waals surface area contributed by atoms with E-state index in [4.69, 9.17) is 0 Å². The van der Waals surface area contributed by atoms with E-state index in [1.54, 1.807) is 0 Å². The molecule has 0 fully saturated rings. The molecule has 0 saturated carbocycles. The first-order valence-electron chi connectivity index (χ1n) is 6.85.